The number of hydrogen-bond donors (Lipinski definition) is 1. The molecule has 24 heavy (non-hydrogen) atoms. The van der Waals surface area contributed by atoms with Gasteiger partial charge in [-0.2, -0.15) is 0 Å². The van der Waals surface area contributed by atoms with Crippen molar-refractivity contribution in [1.29, 1.82) is 0 Å². The van der Waals surface area contributed by atoms with Gasteiger partial charge in [-0.15, -0.1) is 0 Å². The summed E-state index contributed by atoms with van der Waals surface area (Å²) in [5.74, 6) is 0.685. The Morgan fingerprint density at radius 1 is 1.12 bits per heavy atom. The van der Waals surface area contributed by atoms with Crippen molar-refractivity contribution in [3.63, 3.8) is 0 Å². The molecule has 0 aliphatic rings. The van der Waals surface area contributed by atoms with Crippen LogP contribution in [0.2, 0.25) is 0 Å². The molecule has 1 rings (SSSR count). The Morgan fingerprint density at radius 2 is 1.79 bits per heavy atom. The third kappa shape index (κ3) is 8.38. The van der Waals surface area contributed by atoms with Crippen LogP contribution in [-0.2, 0) is 19.1 Å². The van der Waals surface area contributed by atoms with Crippen LogP contribution in [0.25, 0.3) is 0 Å². The quantitative estimate of drug-likeness (QED) is 0.486. The van der Waals surface area contributed by atoms with E-state index >= 15 is 0 Å². The minimum absolute atomic E-state index is 0.126. The number of carbonyl (C=O) groups excluding carboxylic acids is 2. The van der Waals surface area contributed by atoms with E-state index in [1.165, 1.54) is 0 Å². The smallest absolute Gasteiger partial charge is 0.306 e. The van der Waals surface area contributed by atoms with E-state index in [1.807, 2.05) is 0 Å². The Kier molecular flexibility index (Phi) is 9.29. The minimum atomic E-state index is -0.428. The Balaban J connectivity index is 2.12. The van der Waals surface area contributed by atoms with Crippen LogP contribution in [0.15, 0.2) is 24.3 Å². The Morgan fingerprint density at radius 3 is 2.42 bits per heavy atom. The molecule has 0 aliphatic carbocycles. The topological polar surface area (TPSA) is 83.1 Å². The molecule has 134 valence electrons. The second kappa shape index (κ2) is 11.3. The number of nitrogens with one attached hydrogen (secondary N) is 1. The molecule has 0 radical (unpaired) electrons. The Labute approximate surface area is 142 Å². The first-order chi connectivity index (χ1) is 11.5. The van der Waals surface area contributed by atoms with Crippen LogP contribution in [0.1, 0.15) is 19.8 Å². The maximum atomic E-state index is 11.6. The fraction of sp³-hybridized carbons (Fsp3) is 0.529. The van der Waals surface area contributed by atoms with Crippen molar-refractivity contribution in [1.82, 2.24) is 5.32 Å². The van der Waals surface area contributed by atoms with E-state index in [0.717, 1.165) is 5.75 Å². The normalized spacial score (nSPS) is 11.5. The van der Waals surface area contributed by atoms with E-state index in [2.05, 4.69) is 5.32 Å². The molecule has 0 aliphatic heterocycles. The Bertz CT molecular complexity index is 502. The van der Waals surface area contributed by atoms with Crippen LogP contribution in [0.3, 0.4) is 0 Å². The van der Waals surface area contributed by atoms with Crippen molar-refractivity contribution in [2.24, 2.45) is 0 Å². The number of ether oxygens (including phenoxy) is 4. The number of esters is 1. The molecule has 1 N–H and O–H groups in total. The standard InChI is InChI=1S/C17H25NO6/c1-13(11-21-2)18-16(19)12-24-17(20)5-4-10-23-15-8-6-14(22-3)7-9-15/h6-9,13H,4-5,10-12H2,1-3H3,(H,18,19). The summed E-state index contributed by atoms with van der Waals surface area (Å²) in [6.45, 7) is 2.31. The van der Waals surface area contributed by atoms with E-state index in [9.17, 15) is 9.59 Å². The van der Waals surface area contributed by atoms with E-state index in [-0.39, 0.29) is 25.0 Å². The average Bonchev–Trinajstić information content (AvgIpc) is 2.57. The molecule has 1 unspecified atom stereocenters. The zero-order valence-corrected chi connectivity index (χ0v) is 14.4. The summed E-state index contributed by atoms with van der Waals surface area (Å²) in [5, 5.41) is 2.66. The maximum Gasteiger partial charge on any atom is 0.306 e. The predicted octanol–water partition coefficient (Wildman–Crippen LogP) is 1.55. The SMILES string of the molecule is COCC(C)NC(=O)COC(=O)CCCOc1ccc(OC)cc1. The third-order valence-electron chi connectivity index (χ3n) is 3.04. The highest BCUT2D eigenvalue weighted by Crippen LogP contribution is 2.17. The largest absolute Gasteiger partial charge is 0.497 e. The molecule has 0 saturated carbocycles. The summed E-state index contributed by atoms with van der Waals surface area (Å²) in [6.07, 6.45) is 0.698. The molecule has 0 bridgehead atoms. The van der Waals surface area contributed by atoms with Crippen LogP contribution in [0.4, 0.5) is 0 Å². The highest BCUT2D eigenvalue weighted by atomic mass is 16.5. The molecule has 1 amide bonds. The molecule has 0 saturated heterocycles. The molecular weight excluding hydrogens is 314 g/mol. The number of amides is 1. The van der Waals surface area contributed by atoms with Gasteiger partial charge >= 0.3 is 5.97 Å². The van der Waals surface area contributed by atoms with Crippen LogP contribution in [-0.4, -0.2) is 52.0 Å². The molecule has 7 nitrogen and oxygen atoms in total. The molecule has 1 atom stereocenters. The van der Waals surface area contributed by atoms with Crippen molar-refractivity contribution in [2.75, 3.05) is 34.0 Å². The lowest BCUT2D eigenvalue weighted by Gasteiger charge is -2.12. The van der Waals surface area contributed by atoms with Crippen molar-refractivity contribution < 1.29 is 28.5 Å². The molecule has 7 heteroatoms. The van der Waals surface area contributed by atoms with Gasteiger partial charge in [0.1, 0.15) is 11.5 Å². The molecule has 0 heterocycles. The number of hydrogen-bond acceptors (Lipinski definition) is 6. The molecule has 0 spiro atoms. The molecule has 1 aromatic rings. The summed E-state index contributed by atoms with van der Waals surface area (Å²) in [6, 6.07) is 7.06. The lowest BCUT2D eigenvalue weighted by atomic mass is 10.3. The predicted molar refractivity (Wildman–Crippen MR) is 88.2 cm³/mol. The van der Waals surface area contributed by atoms with Crippen LogP contribution in [0.5, 0.6) is 11.5 Å². The summed E-state index contributed by atoms with van der Waals surface area (Å²) < 4.78 is 20.4. The minimum Gasteiger partial charge on any atom is -0.497 e. The zero-order chi connectivity index (χ0) is 17.8. The van der Waals surface area contributed by atoms with Crippen molar-refractivity contribution in [2.45, 2.75) is 25.8 Å². The van der Waals surface area contributed by atoms with Crippen LogP contribution >= 0.6 is 0 Å². The average molecular weight is 339 g/mol. The second-order valence-electron chi connectivity index (χ2n) is 5.21. The van der Waals surface area contributed by atoms with E-state index in [0.29, 0.717) is 25.4 Å². The number of rotatable bonds is 11. The van der Waals surface area contributed by atoms with Gasteiger partial charge in [0.25, 0.3) is 5.91 Å². The summed E-state index contributed by atoms with van der Waals surface area (Å²) in [5.41, 5.74) is 0. The van der Waals surface area contributed by atoms with Gasteiger partial charge < -0.3 is 24.3 Å². The highest BCUT2D eigenvalue weighted by Gasteiger charge is 2.10. The van der Waals surface area contributed by atoms with Gasteiger partial charge in [-0.1, -0.05) is 0 Å². The third-order valence-corrected chi connectivity index (χ3v) is 3.04. The zero-order valence-electron chi connectivity index (χ0n) is 14.4. The first-order valence-corrected chi connectivity index (χ1v) is 7.76. The van der Waals surface area contributed by atoms with Crippen molar-refractivity contribution in [3.05, 3.63) is 24.3 Å². The first kappa shape index (κ1) is 19.8. The summed E-state index contributed by atoms with van der Waals surface area (Å²) >= 11 is 0. The lowest BCUT2D eigenvalue weighted by molar-refractivity contribution is -0.149. The van der Waals surface area contributed by atoms with Gasteiger partial charge in [0.05, 0.1) is 20.3 Å². The molecule has 0 aromatic heterocycles. The van der Waals surface area contributed by atoms with E-state index in [1.54, 1.807) is 45.4 Å². The molecule has 1 aromatic carbocycles. The van der Waals surface area contributed by atoms with E-state index in [4.69, 9.17) is 18.9 Å². The van der Waals surface area contributed by atoms with Gasteiger partial charge in [-0.25, -0.2) is 0 Å². The first-order valence-electron chi connectivity index (χ1n) is 7.76. The van der Waals surface area contributed by atoms with Gasteiger partial charge in [0.15, 0.2) is 6.61 Å². The number of methoxy groups -OCH3 is 2. The molecular formula is C17H25NO6. The van der Waals surface area contributed by atoms with Gasteiger partial charge in [-0.05, 0) is 37.6 Å². The second-order valence-corrected chi connectivity index (χ2v) is 5.21. The fourth-order valence-electron chi connectivity index (χ4n) is 1.90. The lowest BCUT2D eigenvalue weighted by Crippen LogP contribution is -2.38. The fourth-order valence-corrected chi connectivity index (χ4v) is 1.90. The van der Waals surface area contributed by atoms with Gasteiger partial charge in [0, 0.05) is 19.6 Å². The number of carbonyl (C=O) groups is 2. The number of benzene rings is 1. The summed E-state index contributed by atoms with van der Waals surface area (Å²) in [4.78, 5) is 23.1. The molecule has 0 fully saturated rings. The van der Waals surface area contributed by atoms with Gasteiger partial charge in [-0.3, -0.25) is 9.59 Å². The van der Waals surface area contributed by atoms with Crippen molar-refractivity contribution in [3.8, 4) is 11.5 Å². The van der Waals surface area contributed by atoms with E-state index < -0.39 is 5.97 Å². The monoisotopic (exact) mass is 339 g/mol. The highest BCUT2D eigenvalue weighted by molar-refractivity contribution is 5.80. The summed E-state index contributed by atoms with van der Waals surface area (Å²) in [7, 11) is 3.15. The Hall–Kier alpha value is -2.28. The van der Waals surface area contributed by atoms with Gasteiger partial charge in [0.2, 0.25) is 0 Å². The maximum absolute atomic E-state index is 11.6. The van der Waals surface area contributed by atoms with Crippen molar-refractivity contribution >= 4 is 11.9 Å². The van der Waals surface area contributed by atoms with Crippen LogP contribution in [0, 0.1) is 0 Å². The van der Waals surface area contributed by atoms with Crippen LogP contribution < -0.4 is 14.8 Å².